The third-order valence-corrected chi connectivity index (χ3v) is 9.11. The lowest BCUT2D eigenvalue weighted by molar-refractivity contribution is -0.0551. The number of nitrogens with one attached hydrogen (secondary N) is 1. The number of phosphoric ester groups is 2. The minimum atomic E-state index is -5.59. The van der Waals surface area contributed by atoms with Crippen LogP contribution in [0.5, 0.6) is 0 Å². The number of nitrogens with zero attached hydrogens (tertiary/aromatic N) is 5. The number of fused-ring (bicyclic) bond motifs is 1. The van der Waals surface area contributed by atoms with Crippen molar-refractivity contribution >= 4 is 32.6 Å². The van der Waals surface area contributed by atoms with Crippen molar-refractivity contribution in [2.75, 3.05) is 18.9 Å². The third kappa shape index (κ3) is 6.33. The van der Waals surface area contributed by atoms with Crippen LogP contribution in [0.2, 0.25) is 0 Å². The molecule has 9 N–H and O–H groups in total. The van der Waals surface area contributed by atoms with Crippen LogP contribution in [0.4, 0.5) is 5.82 Å². The number of imidazole rings is 1. The Balaban J connectivity index is 1.23. The average Bonchev–Trinajstić information content (AvgIpc) is 3.57. The van der Waals surface area contributed by atoms with Gasteiger partial charge in [0.05, 0.1) is 19.5 Å². The van der Waals surface area contributed by atoms with Crippen molar-refractivity contribution in [3.63, 3.8) is 0 Å². The van der Waals surface area contributed by atoms with Crippen LogP contribution in [0.15, 0.2) is 34.5 Å². The zero-order valence-electron chi connectivity index (χ0n) is 21.4. The van der Waals surface area contributed by atoms with E-state index in [4.69, 9.17) is 19.7 Å². The number of nitrogens with two attached hydrogens (primary N) is 1. The Bertz CT molecular complexity index is 1700. The fourth-order valence-corrected chi connectivity index (χ4v) is 6.79. The topological polar surface area (TPSA) is 326 Å². The van der Waals surface area contributed by atoms with Gasteiger partial charge in [-0.05, 0) is 0 Å². The molecule has 0 spiro atoms. The molecule has 0 radical (unpaired) electrons. The molecule has 236 valence electrons. The number of aliphatic hydroxyl groups excluding tert-OH is 4. The Morgan fingerprint density at radius 3 is 2.37 bits per heavy atom. The highest BCUT2D eigenvalue weighted by molar-refractivity contribution is 7.61. The second-order valence-corrected chi connectivity index (χ2v) is 12.3. The molecule has 5 heterocycles. The first-order valence-electron chi connectivity index (χ1n) is 12.1. The van der Waals surface area contributed by atoms with E-state index in [2.05, 4.69) is 23.8 Å². The quantitative estimate of drug-likeness (QED) is 0.0981. The van der Waals surface area contributed by atoms with E-state index < -0.39 is 89.2 Å². The monoisotopic (exact) mass is 653 g/mol. The van der Waals surface area contributed by atoms with Gasteiger partial charge < -0.3 is 45.4 Å². The summed E-state index contributed by atoms with van der Waals surface area (Å²) in [6.07, 6.45) is -9.76. The molecular formula is C19H25N7O15P2. The van der Waals surface area contributed by atoms with E-state index in [0.717, 1.165) is 18.6 Å². The van der Waals surface area contributed by atoms with Gasteiger partial charge in [0.1, 0.15) is 48.5 Å². The minimum absolute atomic E-state index is 0.0357. The van der Waals surface area contributed by atoms with Gasteiger partial charge in [-0.15, -0.1) is 0 Å². The van der Waals surface area contributed by atoms with Crippen molar-refractivity contribution in [2.24, 2.45) is 0 Å². The number of aliphatic hydroxyl groups is 4. The number of hydrogen-bond donors (Lipinski definition) is 8. The zero-order chi connectivity index (χ0) is 31.3. The van der Waals surface area contributed by atoms with Crippen LogP contribution in [0.3, 0.4) is 0 Å². The van der Waals surface area contributed by atoms with Gasteiger partial charge >= 0.3 is 21.3 Å². The molecule has 5 rings (SSSR count). The molecule has 22 nitrogen and oxygen atoms in total. The van der Waals surface area contributed by atoms with Crippen molar-refractivity contribution in [2.45, 2.75) is 49.1 Å². The van der Waals surface area contributed by atoms with Crippen LogP contribution in [0.25, 0.3) is 11.2 Å². The SMILES string of the molecule is Nc1ncnc2c1ncn2[C@@H]1O[C@H](COP(=O)(O)OP(=O)(O)O[C@H]2[C@@H](O)[C@H](n3ccc(=O)[nH]c3=O)O[C@@H]2CO)[C@@H](O)[C@H]1O. The lowest BCUT2D eigenvalue weighted by Gasteiger charge is -2.23. The number of H-pyrrole nitrogens is 1. The number of phosphoric acid groups is 2. The van der Waals surface area contributed by atoms with Gasteiger partial charge in [0.25, 0.3) is 5.56 Å². The molecular weight excluding hydrogens is 628 g/mol. The maximum absolute atomic E-state index is 12.6. The summed E-state index contributed by atoms with van der Waals surface area (Å²) in [6, 6.07) is 0.924. The fraction of sp³-hybridized carbons (Fsp3) is 0.526. The maximum atomic E-state index is 12.6. The second-order valence-electron chi connectivity index (χ2n) is 9.27. The molecule has 2 saturated heterocycles. The van der Waals surface area contributed by atoms with Gasteiger partial charge in [-0.1, -0.05) is 0 Å². The Hall–Kier alpha value is -2.95. The molecule has 2 fully saturated rings. The fourth-order valence-electron chi connectivity index (χ4n) is 4.50. The van der Waals surface area contributed by atoms with Gasteiger partial charge in [-0.2, -0.15) is 4.31 Å². The summed E-state index contributed by atoms with van der Waals surface area (Å²) in [5.41, 5.74) is 4.28. The molecule has 0 aromatic carbocycles. The minimum Gasteiger partial charge on any atom is -0.394 e. The van der Waals surface area contributed by atoms with Crippen LogP contribution in [-0.2, 0) is 32.0 Å². The molecule has 43 heavy (non-hydrogen) atoms. The molecule has 24 heteroatoms. The Morgan fingerprint density at radius 2 is 1.67 bits per heavy atom. The van der Waals surface area contributed by atoms with Gasteiger partial charge in [-0.3, -0.25) is 28.0 Å². The first-order valence-corrected chi connectivity index (χ1v) is 15.1. The number of ether oxygens (including phenoxy) is 2. The first kappa shape index (κ1) is 31.5. The molecule has 0 amide bonds. The van der Waals surface area contributed by atoms with Crippen LogP contribution in [0, 0.1) is 0 Å². The first-order chi connectivity index (χ1) is 20.2. The van der Waals surface area contributed by atoms with Crippen molar-refractivity contribution in [3.8, 4) is 0 Å². The highest BCUT2D eigenvalue weighted by Gasteiger charge is 2.51. The van der Waals surface area contributed by atoms with Gasteiger partial charge in [-0.25, -0.2) is 28.9 Å². The lowest BCUT2D eigenvalue weighted by atomic mass is 10.1. The molecule has 3 aromatic heterocycles. The van der Waals surface area contributed by atoms with Gasteiger partial charge in [0.15, 0.2) is 23.9 Å². The Kier molecular flexibility index (Phi) is 8.68. The molecule has 10 atom stereocenters. The molecule has 3 aromatic rings. The van der Waals surface area contributed by atoms with Gasteiger partial charge in [0, 0.05) is 12.3 Å². The van der Waals surface area contributed by atoms with Gasteiger partial charge in [0.2, 0.25) is 0 Å². The molecule has 2 aliphatic rings. The number of aromatic nitrogens is 6. The summed E-state index contributed by atoms with van der Waals surface area (Å²) in [6.45, 7) is -1.85. The number of aromatic amines is 1. The molecule has 0 aliphatic carbocycles. The number of rotatable bonds is 10. The number of nitrogen functional groups attached to an aromatic ring is 1. The average molecular weight is 653 g/mol. The lowest BCUT2D eigenvalue weighted by Crippen LogP contribution is -2.38. The molecule has 2 aliphatic heterocycles. The molecule has 2 unspecified atom stereocenters. The van der Waals surface area contributed by atoms with E-state index in [1.54, 1.807) is 0 Å². The standard InChI is InChI=1S/C19H25N7O15P2/c20-15-10-16(22-5-21-15)26(6-23-10)17-12(30)11(29)8(39-17)4-37-42(33,34)41-43(35,36)40-14-7(3-27)38-18(13(14)31)25-2-1-9(28)24-19(25)32/h1-2,5-8,11-14,17-18,27,29-31H,3-4H2,(H,33,34)(H,35,36)(H2,20,21,22)(H,24,28,32)/t7-,8-,11-,12-,13-,14-,17-,18-/m1/s1. The van der Waals surface area contributed by atoms with Crippen LogP contribution in [0.1, 0.15) is 12.5 Å². The van der Waals surface area contributed by atoms with E-state index in [0.29, 0.717) is 4.57 Å². The third-order valence-electron chi connectivity index (χ3n) is 6.48. The van der Waals surface area contributed by atoms with Crippen LogP contribution < -0.4 is 17.0 Å². The van der Waals surface area contributed by atoms with Crippen molar-refractivity contribution in [1.82, 2.24) is 29.1 Å². The van der Waals surface area contributed by atoms with E-state index in [1.807, 2.05) is 4.98 Å². The van der Waals surface area contributed by atoms with Crippen LogP contribution in [-0.4, -0.2) is 109 Å². The molecule has 0 bridgehead atoms. The predicted octanol–water partition coefficient (Wildman–Crippen LogP) is -3.55. The maximum Gasteiger partial charge on any atom is 0.481 e. The predicted molar refractivity (Wildman–Crippen MR) is 136 cm³/mol. The number of anilines is 1. The summed E-state index contributed by atoms with van der Waals surface area (Å²) < 4.78 is 51.6. The largest absolute Gasteiger partial charge is 0.481 e. The van der Waals surface area contributed by atoms with E-state index in [9.17, 15) is 48.9 Å². The van der Waals surface area contributed by atoms with Crippen LogP contribution >= 0.6 is 15.6 Å². The van der Waals surface area contributed by atoms with E-state index in [-0.39, 0.29) is 17.0 Å². The second kappa shape index (κ2) is 11.9. The Labute approximate surface area is 238 Å². The Morgan fingerprint density at radius 1 is 0.977 bits per heavy atom. The van der Waals surface area contributed by atoms with Crippen molar-refractivity contribution in [1.29, 1.82) is 0 Å². The smallest absolute Gasteiger partial charge is 0.394 e. The summed E-state index contributed by atoms with van der Waals surface area (Å²) in [7, 11) is -11.1. The highest BCUT2D eigenvalue weighted by Crippen LogP contribution is 2.62. The molecule has 0 saturated carbocycles. The zero-order valence-corrected chi connectivity index (χ0v) is 23.2. The summed E-state index contributed by atoms with van der Waals surface area (Å²) in [4.78, 5) is 57.3. The normalized spacial score (nSPS) is 32.1. The highest BCUT2D eigenvalue weighted by atomic mass is 31.3. The van der Waals surface area contributed by atoms with E-state index >= 15 is 0 Å². The summed E-state index contributed by atoms with van der Waals surface area (Å²) in [5.74, 6) is 0.0357. The number of hydrogen-bond acceptors (Lipinski definition) is 17. The summed E-state index contributed by atoms with van der Waals surface area (Å²) in [5, 5.41) is 41.1. The van der Waals surface area contributed by atoms with Crippen molar-refractivity contribution < 1.29 is 62.2 Å². The van der Waals surface area contributed by atoms with Crippen molar-refractivity contribution in [3.05, 3.63) is 45.8 Å². The van der Waals surface area contributed by atoms with E-state index in [1.165, 1.54) is 10.9 Å². The summed E-state index contributed by atoms with van der Waals surface area (Å²) >= 11 is 0.